The monoisotopic (exact) mass is 194 g/mol. The second kappa shape index (κ2) is 2.61. The zero-order valence-electron chi connectivity index (χ0n) is 7.23. The number of rotatable bonds is 1. The number of nitrogens with zero attached hydrogens (tertiary/aromatic N) is 3. The van der Waals surface area contributed by atoms with Crippen molar-refractivity contribution in [3.8, 4) is 0 Å². The minimum Gasteiger partial charge on any atom is -0.398 e. The van der Waals surface area contributed by atoms with Gasteiger partial charge in [-0.2, -0.15) is 0 Å². The molecule has 2 heterocycles. The fraction of sp³-hybridized carbons (Fsp3) is 0.167. The molecule has 0 saturated carbocycles. The van der Waals surface area contributed by atoms with E-state index in [1.807, 2.05) is 0 Å². The van der Waals surface area contributed by atoms with E-state index >= 15 is 0 Å². The third-order valence-corrected chi connectivity index (χ3v) is 1.95. The Kier molecular flexibility index (Phi) is 1.64. The molecule has 0 fully saturated rings. The van der Waals surface area contributed by atoms with Gasteiger partial charge < -0.3 is 11.5 Å². The number of nitrogens with one attached hydrogen (secondary N) is 1. The van der Waals surface area contributed by atoms with E-state index in [0.717, 1.165) is 0 Å². The molecule has 1 aromatic rings. The smallest absolute Gasteiger partial charge is 0.226 e. The number of pyridine rings is 1. The highest BCUT2D eigenvalue weighted by molar-refractivity contribution is 5.65. The van der Waals surface area contributed by atoms with Crippen LogP contribution in [-0.2, 0) is 5.79 Å². The summed E-state index contributed by atoms with van der Waals surface area (Å²) >= 11 is 0. The molecule has 14 heavy (non-hydrogen) atoms. The third kappa shape index (κ3) is 1.02. The summed E-state index contributed by atoms with van der Waals surface area (Å²) in [6.45, 7) is 0. The molecule has 1 atom stereocenters. The van der Waals surface area contributed by atoms with Crippen molar-refractivity contribution in [2.45, 2.75) is 5.79 Å². The van der Waals surface area contributed by atoms with Crippen LogP contribution in [0.15, 0.2) is 16.3 Å². The molecule has 0 radical (unpaired) electrons. The van der Waals surface area contributed by atoms with Crippen LogP contribution in [0, 0.1) is 0 Å². The van der Waals surface area contributed by atoms with Crippen LogP contribution < -0.4 is 28.5 Å². The number of azo groups is 1. The van der Waals surface area contributed by atoms with Crippen LogP contribution in [-0.4, -0.2) is 4.98 Å². The van der Waals surface area contributed by atoms with Crippen molar-refractivity contribution in [3.05, 3.63) is 11.6 Å². The minimum atomic E-state index is -1.31. The largest absolute Gasteiger partial charge is 0.398 e. The highest BCUT2D eigenvalue weighted by Gasteiger charge is 2.36. The summed E-state index contributed by atoms with van der Waals surface area (Å²) in [7, 11) is 0. The van der Waals surface area contributed by atoms with Gasteiger partial charge in [-0.25, -0.2) is 10.4 Å². The van der Waals surface area contributed by atoms with E-state index in [9.17, 15) is 0 Å². The lowest BCUT2D eigenvalue weighted by molar-refractivity contribution is 0.370. The van der Waals surface area contributed by atoms with Crippen LogP contribution >= 0.6 is 0 Å². The van der Waals surface area contributed by atoms with Crippen LogP contribution in [0.1, 0.15) is 5.56 Å². The van der Waals surface area contributed by atoms with Crippen LogP contribution in [0.3, 0.4) is 0 Å². The summed E-state index contributed by atoms with van der Waals surface area (Å²) in [5.41, 5.74) is 20.1. The summed E-state index contributed by atoms with van der Waals surface area (Å²) < 4.78 is 0. The molecule has 1 aliphatic rings. The number of hydrogen-bond donors (Lipinski definition) is 5. The Balaban J connectivity index is 2.65. The summed E-state index contributed by atoms with van der Waals surface area (Å²) in [6.07, 6.45) is 0. The number of nitrogen functional groups attached to an aromatic ring is 2. The fourth-order valence-electron chi connectivity index (χ4n) is 1.31. The Morgan fingerprint density at radius 1 is 1.36 bits per heavy atom. The first-order valence-electron chi connectivity index (χ1n) is 3.83. The van der Waals surface area contributed by atoms with Crippen LogP contribution in [0.25, 0.3) is 0 Å². The second-order valence-corrected chi connectivity index (χ2v) is 2.95. The number of hydrogen-bond acceptors (Lipinski definition) is 8. The molecular formula is C6H10N8. The predicted molar refractivity (Wildman–Crippen MR) is 50.8 cm³/mol. The molecule has 1 aliphatic heterocycles. The van der Waals surface area contributed by atoms with Gasteiger partial charge in [0.25, 0.3) is 0 Å². The molecule has 8 nitrogen and oxygen atoms in total. The van der Waals surface area contributed by atoms with E-state index in [1.54, 1.807) is 0 Å². The Labute approximate surface area is 79.3 Å². The average molecular weight is 194 g/mol. The summed E-state index contributed by atoms with van der Waals surface area (Å²) in [6, 6.07) is 1.48. The van der Waals surface area contributed by atoms with Gasteiger partial charge in [0.05, 0.1) is 5.56 Å². The predicted octanol–water partition coefficient (Wildman–Crippen LogP) is -1.12. The lowest BCUT2D eigenvalue weighted by Crippen LogP contribution is -2.51. The molecule has 1 unspecified atom stereocenters. The summed E-state index contributed by atoms with van der Waals surface area (Å²) in [5.74, 6) is 4.50. The van der Waals surface area contributed by atoms with Crippen molar-refractivity contribution in [1.29, 1.82) is 0 Å². The van der Waals surface area contributed by atoms with Crippen LogP contribution in [0.4, 0.5) is 17.3 Å². The molecule has 0 bridgehead atoms. The van der Waals surface area contributed by atoms with E-state index in [1.165, 1.54) is 6.07 Å². The maximum atomic E-state index is 5.76. The Morgan fingerprint density at radius 2 is 2.07 bits per heavy atom. The van der Waals surface area contributed by atoms with Crippen LogP contribution in [0.2, 0.25) is 0 Å². The van der Waals surface area contributed by atoms with Gasteiger partial charge in [-0.1, -0.05) is 0 Å². The fourth-order valence-corrected chi connectivity index (χ4v) is 1.31. The van der Waals surface area contributed by atoms with Crippen molar-refractivity contribution < 1.29 is 0 Å². The van der Waals surface area contributed by atoms with Crippen molar-refractivity contribution in [3.63, 3.8) is 0 Å². The quantitative estimate of drug-likeness (QED) is 0.216. The zero-order valence-corrected chi connectivity index (χ0v) is 7.23. The normalized spacial score (nSPS) is 23.9. The van der Waals surface area contributed by atoms with Gasteiger partial charge in [0.15, 0.2) is 5.82 Å². The van der Waals surface area contributed by atoms with Gasteiger partial charge in [0.2, 0.25) is 5.79 Å². The highest BCUT2D eigenvalue weighted by atomic mass is 15.5. The molecular weight excluding hydrogens is 184 g/mol. The van der Waals surface area contributed by atoms with Gasteiger partial charge in [-0.3, -0.25) is 11.6 Å². The average Bonchev–Trinajstić information content (AvgIpc) is 2.44. The first-order chi connectivity index (χ1) is 6.57. The van der Waals surface area contributed by atoms with Gasteiger partial charge in [0, 0.05) is 11.8 Å². The maximum Gasteiger partial charge on any atom is 0.226 e. The Bertz CT molecular complexity index is 413. The number of hydrazine groups is 1. The number of anilines is 2. The highest BCUT2D eigenvalue weighted by Crippen LogP contribution is 2.38. The summed E-state index contributed by atoms with van der Waals surface area (Å²) in [5, 5.41) is 7.46. The topological polar surface area (TPSA) is 154 Å². The van der Waals surface area contributed by atoms with E-state index in [-0.39, 0.29) is 5.82 Å². The first kappa shape index (κ1) is 8.81. The molecule has 9 N–H and O–H groups in total. The number of nitrogens with two attached hydrogens (primary N) is 4. The second-order valence-electron chi connectivity index (χ2n) is 2.95. The lowest BCUT2D eigenvalue weighted by atomic mass is 10.1. The van der Waals surface area contributed by atoms with E-state index in [2.05, 4.69) is 20.6 Å². The van der Waals surface area contributed by atoms with Crippen LogP contribution in [0.5, 0.6) is 0 Å². The van der Waals surface area contributed by atoms with E-state index < -0.39 is 5.79 Å². The van der Waals surface area contributed by atoms with Crippen molar-refractivity contribution in [1.82, 2.24) is 10.4 Å². The Morgan fingerprint density at radius 3 is 2.71 bits per heavy atom. The maximum absolute atomic E-state index is 5.76. The molecule has 1 aromatic heterocycles. The van der Waals surface area contributed by atoms with Gasteiger partial charge in [0.1, 0.15) is 5.82 Å². The third-order valence-electron chi connectivity index (χ3n) is 1.95. The van der Waals surface area contributed by atoms with Gasteiger partial charge >= 0.3 is 0 Å². The van der Waals surface area contributed by atoms with E-state index in [4.69, 9.17) is 23.0 Å². The molecule has 74 valence electrons. The molecule has 0 aliphatic carbocycles. The zero-order chi connectivity index (χ0) is 10.3. The number of aromatic nitrogens is 1. The SMILES string of the molecule is NNC1(N)N=Nc2nc(N)cc(N)c21. The number of fused-ring (bicyclic) bond motifs is 1. The summed E-state index contributed by atoms with van der Waals surface area (Å²) in [4.78, 5) is 3.92. The minimum absolute atomic E-state index is 0.265. The lowest BCUT2D eigenvalue weighted by Gasteiger charge is -2.19. The molecule has 8 heteroatoms. The molecule has 0 amide bonds. The standard InChI is InChI=1S/C6H10N8/c7-2-1-3(8)11-5-4(2)6(9,13-10)14-12-5/h1,13H,9-10H2,(H4,7,8,11). The Hall–Kier alpha value is -1.77. The van der Waals surface area contributed by atoms with E-state index in [0.29, 0.717) is 17.1 Å². The molecule has 0 spiro atoms. The molecule has 0 aromatic carbocycles. The van der Waals surface area contributed by atoms with Crippen molar-refractivity contribution in [2.24, 2.45) is 21.8 Å². The first-order valence-corrected chi connectivity index (χ1v) is 3.83. The molecule has 2 rings (SSSR count). The van der Waals surface area contributed by atoms with Gasteiger partial charge in [-0.15, -0.1) is 10.2 Å². The van der Waals surface area contributed by atoms with Gasteiger partial charge in [-0.05, 0) is 0 Å². The van der Waals surface area contributed by atoms with Crippen molar-refractivity contribution in [2.75, 3.05) is 11.5 Å². The molecule has 0 saturated heterocycles. The van der Waals surface area contributed by atoms with Crippen molar-refractivity contribution >= 4 is 17.3 Å².